The van der Waals surface area contributed by atoms with Gasteiger partial charge in [-0.3, -0.25) is 9.89 Å². The summed E-state index contributed by atoms with van der Waals surface area (Å²) in [6, 6.07) is 7.98. The molecule has 0 spiro atoms. The van der Waals surface area contributed by atoms with Crippen LogP contribution in [0.5, 0.6) is 0 Å². The van der Waals surface area contributed by atoms with Gasteiger partial charge in [-0.05, 0) is 25.1 Å². The van der Waals surface area contributed by atoms with E-state index in [4.69, 9.17) is 0 Å². The zero-order valence-corrected chi connectivity index (χ0v) is 11.1. The van der Waals surface area contributed by atoms with Gasteiger partial charge < -0.3 is 10.6 Å². The van der Waals surface area contributed by atoms with Gasteiger partial charge in [-0.15, -0.1) is 0 Å². The van der Waals surface area contributed by atoms with Crippen LogP contribution in [0.25, 0.3) is 0 Å². The van der Waals surface area contributed by atoms with Gasteiger partial charge in [0.05, 0.1) is 11.8 Å². The molecule has 0 bridgehead atoms. The minimum atomic E-state index is -0.162. The van der Waals surface area contributed by atoms with Gasteiger partial charge in [0.2, 0.25) is 0 Å². The van der Waals surface area contributed by atoms with Crippen molar-refractivity contribution in [3.8, 4) is 0 Å². The van der Waals surface area contributed by atoms with E-state index in [1.165, 1.54) is 6.20 Å². The monoisotopic (exact) mass is 258 g/mol. The molecular weight excluding hydrogens is 240 g/mol. The number of hydrogen-bond acceptors (Lipinski definition) is 3. The van der Waals surface area contributed by atoms with Gasteiger partial charge >= 0.3 is 0 Å². The first-order chi connectivity index (χ1) is 9.22. The van der Waals surface area contributed by atoms with Crippen LogP contribution < -0.4 is 10.6 Å². The number of para-hydroxylation sites is 1. The van der Waals surface area contributed by atoms with Crippen molar-refractivity contribution in [2.45, 2.75) is 19.9 Å². The molecule has 3 N–H and O–H groups in total. The van der Waals surface area contributed by atoms with Crippen LogP contribution in [0, 0.1) is 0 Å². The summed E-state index contributed by atoms with van der Waals surface area (Å²) in [5.74, 6) is -0.162. The Balaban J connectivity index is 2.18. The molecule has 5 nitrogen and oxygen atoms in total. The van der Waals surface area contributed by atoms with Gasteiger partial charge in [-0.2, -0.15) is 5.10 Å². The highest BCUT2D eigenvalue weighted by Crippen LogP contribution is 2.22. The van der Waals surface area contributed by atoms with E-state index in [9.17, 15) is 4.79 Å². The smallest absolute Gasteiger partial charge is 0.258 e. The van der Waals surface area contributed by atoms with E-state index >= 15 is 0 Å². The van der Waals surface area contributed by atoms with Crippen molar-refractivity contribution in [2.75, 3.05) is 11.9 Å². The number of hydrogen-bond donors (Lipinski definition) is 3. The van der Waals surface area contributed by atoms with Gasteiger partial charge in [-0.1, -0.05) is 25.1 Å². The molecule has 2 aromatic rings. The highest BCUT2D eigenvalue weighted by Gasteiger charge is 2.12. The lowest BCUT2D eigenvalue weighted by atomic mass is 10.1. The average Bonchev–Trinajstić information content (AvgIpc) is 2.93. The molecule has 100 valence electrons. The zero-order chi connectivity index (χ0) is 13.7. The van der Waals surface area contributed by atoms with Crippen molar-refractivity contribution in [1.82, 2.24) is 15.5 Å². The summed E-state index contributed by atoms with van der Waals surface area (Å²) in [5.41, 5.74) is 2.41. The molecule has 0 aliphatic rings. The molecule has 1 unspecified atom stereocenters. The van der Waals surface area contributed by atoms with Gasteiger partial charge in [0.25, 0.3) is 5.91 Å². The van der Waals surface area contributed by atoms with E-state index < -0.39 is 0 Å². The Morgan fingerprint density at radius 1 is 1.42 bits per heavy atom. The van der Waals surface area contributed by atoms with Crippen molar-refractivity contribution < 1.29 is 4.79 Å². The second-order valence-corrected chi connectivity index (χ2v) is 4.31. The van der Waals surface area contributed by atoms with Crippen LogP contribution in [0.4, 0.5) is 5.69 Å². The van der Waals surface area contributed by atoms with Gasteiger partial charge in [-0.25, -0.2) is 0 Å². The predicted octanol–water partition coefficient (Wildman–Crippen LogP) is 2.33. The molecular formula is C14H18N4O. The summed E-state index contributed by atoms with van der Waals surface area (Å²) in [7, 11) is 0. The van der Waals surface area contributed by atoms with Gasteiger partial charge in [0.15, 0.2) is 0 Å². The van der Waals surface area contributed by atoms with E-state index in [0.29, 0.717) is 5.56 Å². The summed E-state index contributed by atoms with van der Waals surface area (Å²) >= 11 is 0. The summed E-state index contributed by atoms with van der Waals surface area (Å²) in [5, 5.41) is 12.7. The maximum Gasteiger partial charge on any atom is 0.258 e. The standard InChI is InChI=1S/C14H18N4O/c1-3-15-10(2)12-6-4-5-7-13(12)18-14(19)11-8-16-17-9-11/h4-10,15H,3H2,1-2H3,(H,16,17)(H,18,19). The fraction of sp³-hybridized carbons (Fsp3) is 0.286. The van der Waals surface area contributed by atoms with Crippen LogP contribution in [0.1, 0.15) is 35.8 Å². The molecule has 0 fully saturated rings. The van der Waals surface area contributed by atoms with E-state index in [-0.39, 0.29) is 11.9 Å². The van der Waals surface area contributed by atoms with Gasteiger partial charge in [0, 0.05) is 17.9 Å². The Bertz CT molecular complexity index is 536. The Kier molecular flexibility index (Phi) is 4.30. The molecule has 0 aliphatic heterocycles. The number of aromatic nitrogens is 2. The molecule has 0 saturated carbocycles. The van der Waals surface area contributed by atoms with E-state index in [2.05, 4.69) is 34.7 Å². The van der Waals surface area contributed by atoms with E-state index in [0.717, 1.165) is 17.8 Å². The van der Waals surface area contributed by atoms with Crippen molar-refractivity contribution in [3.05, 3.63) is 47.8 Å². The first-order valence-corrected chi connectivity index (χ1v) is 6.34. The minimum absolute atomic E-state index is 0.162. The maximum atomic E-state index is 12.0. The number of H-pyrrole nitrogens is 1. The van der Waals surface area contributed by atoms with Gasteiger partial charge in [0.1, 0.15) is 0 Å². The number of benzene rings is 1. The van der Waals surface area contributed by atoms with Crippen LogP contribution in [-0.4, -0.2) is 22.6 Å². The minimum Gasteiger partial charge on any atom is -0.322 e. The molecule has 0 radical (unpaired) electrons. The third-order valence-corrected chi connectivity index (χ3v) is 2.95. The lowest BCUT2D eigenvalue weighted by molar-refractivity contribution is 0.102. The van der Waals surface area contributed by atoms with Crippen molar-refractivity contribution >= 4 is 11.6 Å². The average molecular weight is 258 g/mol. The quantitative estimate of drug-likeness (QED) is 0.771. The highest BCUT2D eigenvalue weighted by atomic mass is 16.1. The lowest BCUT2D eigenvalue weighted by Gasteiger charge is -2.17. The molecule has 5 heteroatoms. The molecule has 1 heterocycles. The third kappa shape index (κ3) is 3.20. The van der Waals surface area contributed by atoms with Crippen LogP contribution in [0.15, 0.2) is 36.7 Å². The molecule has 1 atom stereocenters. The summed E-state index contributed by atoms with van der Waals surface area (Å²) < 4.78 is 0. The van der Waals surface area contributed by atoms with Crippen molar-refractivity contribution in [3.63, 3.8) is 0 Å². The Hall–Kier alpha value is -2.14. The first kappa shape index (κ1) is 13.3. The van der Waals surface area contributed by atoms with Crippen LogP contribution >= 0.6 is 0 Å². The number of nitrogens with one attached hydrogen (secondary N) is 3. The summed E-state index contributed by atoms with van der Waals surface area (Å²) in [4.78, 5) is 12.0. The molecule has 1 amide bonds. The third-order valence-electron chi connectivity index (χ3n) is 2.95. The number of anilines is 1. The summed E-state index contributed by atoms with van der Waals surface area (Å²) in [6.45, 7) is 5.01. The molecule has 0 aliphatic carbocycles. The molecule has 1 aromatic heterocycles. The van der Waals surface area contributed by atoms with E-state index in [1.807, 2.05) is 24.3 Å². The molecule has 0 saturated heterocycles. The molecule has 19 heavy (non-hydrogen) atoms. The number of aromatic amines is 1. The van der Waals surface area contributed by atoms with Crippen LogP contribution in [0.3, 0.4) is 0 Å². The first-order valence-electron chi connectivity index (χ1n) is 6.34. The van der Waals surface area contributed by atoms with E-state index in [1.54, 1.807) is 6.20 Å². The predicted molar refractivity (Wildman–Crippen MR) is 75.1 cm³/mol. The number of carbonyl (C=O) groups excluding carboxylic acids is 1. The zero-order valence-electron chi connectivity index (χ0n) is 11.1. The molecule has 1 aromatic carbocycles. The normalized spacial score (nSPS) is 12.1. The second-order valence-electron chi connectivity index (χ2n) is 4.31. The molecule has 2 rings (SSSR count). The van der Waals surface area contributed by atoms with Crippen LogP contribution in [0.2, 0.25) is 0 Å². The van der Waals surface area contributed by atoms with Crippen LogP contribution in [-0.2, 0) is 0 Å². The largest absolute Gasteiger partial charge is 0.322 e. The lowest BCUT2D eigenvalue weighted by Crippen LogP contribution is -2.20. The highest BCUT2D eigenvalue weighted by molar-refractivity contribution is 6.04. The number of carbonyl (C=O) groups is 1. The Labute approximate surface area is 112 Å². The fourth-order valence-electron chi connectivity index (χ4n) is 1.97. The number of nitrogens with zero attached hydrogens (tertiary/aromatic N) is 1. The topological polar surface area (TPSA) is 69.8 Å². The fourth-order valence-corrected chi connectivity index (χ4v) is 1.97. The SMILES string of the molecule is CCNC(C)c1ccccc1NC(=O)c1cn[nH]c1. The second kappa shape index (κ2) is 6.15. The maximum absolute atomic E-state index is 12.0. The number of rotatable bonds is 5. The van der Waals surface area contributed by atoms with Crippen molar-refractivity contribution in [1.29, 1.82) is 0 Å². The number of amides is 1. The Morgan fingerprint density at radius 3 is 2.89 bits per heavy atom. The van der Waals surface area contributed by atoms with Crippen molar-refractivity contribution in [2.24, 2.45) is 0 Å². The Morgan fingerprint density at radius 2 is 2.21 bits per heavy atom. The summed E-state index contributed by atoms with van der Waals surface area (Å²) in [6.07, 6.45) is 3.08.